The molecule has 0 bridgehead atoms. The average Bonchev–Trinajstić information content (AvgIpc) is 3.34. The first kappa shape index (κ1) is 19.6. The molecule has 154 valence electrons. The fourth-order valence-electron chi connectivity index (χ4n) is 3.68. The summed E-state index contributed by atoms with van der Waals surface area (Å²) in [6.07, 6.45) is 3.76. The maximum absolute atomic E-state index is 13.4. The van der Waals surface area contributed by atoms with Crippen LogP contribution in [0.2, 0.25) is 0 Å². The Hall–Kier alpha value is -2.74. The molecule has 0 saturated carbocycles. The lowest BCUT2D eigenvalue weighted by Crippen LogP contribution is -2.42. The summed E-state index contributed by atoms with van der Waals surface area (Å²) in [4.78, 5) is 14.9. The molecule has 0 N–H and O–H groups in total. The van der Waals surface area contributed by atoms with E-state index in [1.54, 1.807) is 23.1 Å². The van der Waals surface area contributed by atoms with Crippen LogP contribution in [0.4, 0.5) is 0 Å². The maximum atomic E-state index is 13.4. The number of carbonyl (C=O) groups is 1. The molecule has 4 rings (SSSR count). The van der Waals surface area contributed by atoms with Crippen LogP contribution in [0, 0.1) is 0 Å². The highest BCUT2D eigenvalue weighted by Gasteiger charge is 2.36. The number of amides is 1. The number of carbonyl (C=O) groups excluding carboxylic acids is 1. The third kappa shape index (κ3) is 4.32. The molecule has 0 unspecified atom stereocenters. The molecule has 2 aliphatic heterocycles. The first-order valence-corrected chi connectivity index (χ1v) is 11.4. The fraction of sp³-hybridized carbons (Fsp3) is 0.381. The van der Waals surface area contributed by atoms with Crippen molar-refractivity contribution in [2.75, 3.05) is 24.7 Å². The predicted molar refractivity (Wildman–Crippen MR) is 107 cm³/mol. The number of hydrogen-bond acceptors (Lipinski definition) is 6. The van der Waals surface area contributed by atoms with Gasteiger partial charge in [0.2, 0.25) is 0 Å². The minimum Gasteiger partial charge on any atom is -0.494 e. The average molecular weight is 417 g/mol. The second-order valence-corrected chi connectivity index (χ2v) is 9.39. The molecule has 29 heavy (non-hydrogen) atoms. The molecule has 3 heterocycles. The topological polar surface area (TPSA) is 86.0 Å². The van der Waals surface area contributed by atoms with Gasteiger partial charge in [-0.05, 0) is 49.8 Å². The van der Waals surface area contributed by atoms with Gasteiger partial charge in [0.15, 0.2) is 9.84 Å². The standard InChI is InChI=1S/C21H23NO6S/c1-2-26-18-5-6-20-15(11-18)10-16(13-28-20)21(23)22(12-19-4-3-8-27-19)17-7-9-29(24,25)14-17/h3-6,8,10-11,17H,2,7,9,12-14H2,1H3/t17-/m0/s1. The number of rotatable bonds is 6. The van der Waals surface area contributed by atoms with Crippen molar-refractivity contribution >= 4 is 21.8 Å². The minimum atomic E-state index is -3.14. The van der Waals surface area contributed by atoms with E-state index in [9.17, 15) is 13.2 Å². The highest BCUT2D eigenvalue weighted by atomic mass is 32.2. The summed E-state index contributed by atoms with van der Waals surface area (Å²) in [7, 11) is -3.14. The number of sulfone groups is 1. The van der Waals surface area contributed by atoms with Crippen molar-refractivity contribution in [2.24, 2.45) is 0 Å². The maximum Gasteiger partial charge on any atom is 0.253 e. The zero-order valence-electron chi connectivity index (χ0n) is 16.2. The Bertz CT molecular complexity index is 1030. The van der Waals surface area contributed by atoms with E-state index in [0.29, 0.717) is 35.9 Å². The van der Waals surface area contributed by atoms with Crippen molar-refractivity contribution in [3.05, 3.63) is 53.5 Å². The predicted octanol–water partition coefficient (Wildman–Crippen LogP) is 2.67. The molecule has 1 atom stereocenters. The molecule has 0 radical (unpaired) electrons. The molecule has 1 amide bonds. The van der Waals surface area contributed by atoms with Gasteiger partial charge in [-0.25, -0.2) is 8.42 Å². The second kappa shape index (κ2) is 7.94. The van der Waals surface area contributed by atoms with Crippen LogP contribution in [0.3, 0.4) is 0 Å². The van der Waals surface area contributed by atoms with Crippen molar-refractivity contribution in [1.29, 1.82) is 0 Å². The smallest absolute Gasteiger partial charge is 0.253 e. The lowest BCUT2D eigenvalue weighted by molar-refractivity contribution is -0.130. The van der Waals surface area contributed by atoms with Crippen LogP contribution in [-0.4, -0.2) is 50.0 Å². The summed E-state index contributed by atoms with van der Waals surface area (Å²) in [5.74, 6) is 1.82. The largest absolute Gasteiger partial charge is 0.494 e. The van der Waals surface area contributed by atoms with E-state index in [0.717, 1.165) is 5.56 Å². The van der Waals surface area contributed by atoms with Crippen molar-refractivity contribution < 1.29 is 27.1 Å². The lowest BCUT2D eigenvalue weighted by Gasteiger charge is -2.29. The van der Waals surface area contributed by atoms with Gasteiger partial charge < -0.3 is 18.8 Å². The van der Waals surface area contributed by atoms with E-state index in [1.807, 2.05) is 25.1 Å². The molecule has 7 nitrogen and oxygen atoms in total. The van der Waals surface area contributed by atoms with Crippen LogP contribution >= 0.6 is 0 Å². The molecule has 8 heteroatoms. The van der Waals surface area contributed by atoms with Crippen LogP contribution < -0.4 is 9.47 Å². The van der Waals surface area contributed by atoms with E-state index in [-0.39, 0.29) is 36.6 Å². The number of ether oxygens (including phenoxy) is 2. The number of furan rings is 1. The number of hydrogen-bond donors (Lipinski definition) is 0. The Kier molecular flexibility index (Phi) is 5.36. The van der Waals surface area contributed by atoms with Gasteiger partial charge in [-0.3, -0.25) is 4.79 Å². The van der Waals surface area contributed by atoms with E-state index in [2.05, 4.69) is 0 Å². The molecular formula is C21H23NO6S. The zero-order valence-corrected chi connectivity index (χ0v) is 17.0. The van der Waals surface area contributed by atoms with Gasteiger partial charge in [-0.1, -0.05) is 0 Å². The highest BCUT2D eigenvalue weighted by Crippen LogP contribution is 2.31. The first-order chi connectivity index (χ1) is 13.9. The van der Waals surface area contributed by atoms with E-state index < -0.39 is 9.84 Å². The number of fused-ring (bicyclic) bond motifs is 1. The van der Waals surface area contributed by atoms with Crippen molar-refractivity contribution in [1.82, 2.24) is 4.90 Å². The lowest BCUT2D eigenvalue weighted by atomic mass is 10.0. The molecule has 1 fully saturated rings. The van der Waals surface area contributed by atoms with E-state index >= 15 is 0 Å². The van der Waals surface area contributed by atoms with Gasteiger partial charge in [0.05, 0.1) is 36.5 Å². The van der Waals surface area contributed by atoms with Crippen LogP contribution in [-0.2, 0) is 21.2 Å². The Morgan fingerprint density at radius 1 is 1.31 bits per heavy atom. The summed E-state index contributed by atoms with van der Waals surface area (Å²) in [6.45, 7) is 2.80. The SMILES string of the molecule is CCOc1ccc2c(c1)C=C(C(=O)N(Cc1ccco1)[C@H]1CCS(=O)(=O)C1)CO2. The summed E-state index contributed by atoms with van der Waals surface area (Å²) < 4.78 is 40.7. The molecular weight excluding hydrogens is 394 g/mol. The van der Waals surface area contributed by atoms with Crippen LogP contribution in [0.1, 0.15) is 24.7 Å². The zero-order chi connectivity index (χ0) is 20.4. The van der Waals surface area contributed by atoms with Crippen LogP contribution in [0.25, 0.3) is 6.08 Å². The Morgan fingerprint density at radius 2 is 2.17 bits per heavy atom. The van der Waals surface area contributed by atoms with Crippen molar-refractivity contribution in [2.45, 2.75) is 25.9 Å². The normalized spacial score (nSPS) is 19.8. The Labute approximate surface area is 169 Å². The number of benzene rings is 1. The van der Waals surface area contributed by atoms with Gasteiger partial charge in [-0.2, -0.15) is 0 Å². The third-order valence-corrected chi connectivity index (χ3v) is 6.85. The van der Waals surface area contributed by atoms with E-state index in [4.69, 9.17) is 13.9 Å². The third-order valence-electron chi connectivity index (χ3n) is 5.10. The Balaban J connectivity index is 1.62. The van der Waals surface area contributed by atoms with Crippen LogP contribution in [0.15, 0.2) is 46.6 Å². The molecule has 1 saturated heterocycles. The van der Waals surface area contributed by atoms with Gasteiger partial charge in [0.1, 0.15) is 23.9 Å². The minimum absolute atomic E-state index is 0.0291. The number of nitrogens with zero attached hydrogens (tertiary/aromatic N) is 1. The summed E-state index contributed by atoms with van der Waals surface area (Å²) in [6, 6.07) is 8.63. The molecule has 1 aromatic heterocycles. The van der Waals surface area contributed by atoms with E-state index in [1.165, 1.54) is 6.26 Å². The molecule has 2 aromatic rings. The highest BCUT2D eigenvalue weighted by molar-refractivity contribution is 7.91. The summed E-state index contributed by atoms with van der Waals surface area (Å²) >= 11 is 0. The van der Waals surface area contributed by atoms with Crippen LogP contribution in [0.5, 0.6) is 11.5 Å². The first-order valence-electron chi connectivity index (χ1n) is 9.59. The van der Waals surface area contributed by atoms with Gasteiger partial charge in [-0.15, -0.1) is 0 Å². The van der Waals surface area contributed by atoms with Gasteiger partial charge in [0, 0.05) is 11.6 Å². The second-order valence-electron chi connectivity index (χ2n) is 7.16. The van der Waals surface area contributed by atoms with Gasteiger partial charge >= 0.3 is 0 Å². The molecule has 1 aromatic carbocycles. The van der Waals surface area contributed by atoms with Crippen molar-refractivity contribution in [3.63, 3.8) is 0 Å². The monoisotopic (exact) mass is 417 g/mol. The fourth-order valence-corrected chi connectivity index (χ4v) is 5.41. The quantitative estimate of drug-likeness (QED) is 0.718. The molecule has 0 spiro atoms. The summed E-state index contributed by atoms with van der Waals surface area (Å²) in [5.41, 5.74) is 1.24. The summed E-state index contributed by atoms with van der Waals surface area (Å²) in [5, 5.41) is 0. The van der Waals surface area contributed by atoms with Gasteiger partial charge in [0.25, 0.3) is 5.91 Å². The Morgan fingerprint density at radius 3 is 2.86 bits per heavy atom. The molecule has 2 aliphatic rings. The molecule has 0 aliphatic carbocycles. The van der Waals surface area contributed by atoms with Crippen molar-refractivity contribution in [3.8, 4) is 11.5 Å².